The molecule has 1 heterocycles. The van der Waals surface area contributed by atoms with E-state index in [2.05, 4.69) is 19.2 Å². The predicted molar refractivity (Wildman–Crippen MR) is 69.5 cm³/mol. The van der Waals surface area contributed by atoms with Crippen molar-refractivity contribution in [1.82, 2.24) is 5.32 Å². The molecule has 0 aliphatic carbocycles. The first-order chi connectivity index (χ1) is 7.79. The van der Waals surface area contributed by atoms with E-state index in [1.165, 1.54) is 12.8 Å². The standard InChI is InChI=1S/C8H7NO.C4H10.C2H6.W/c10-8-7-4-2-1-3-6(7)5-9-8;1-3-4-2;1-2;/h1-4H,5H2,(H,9,10);3-4H2,1-2H3;1-2H3;. The van der Waals surface area contributed by atoms with E-state index in [4.69, 9.17) is 0 Å². The molecule has 17 heavy (non-hydrogen) atoms. The molecule has 1 aromatic rings. The molecule has 0 saturated heterocycles. The fraction of sp³-hybridized carbons (Fsp3) is 0.500. The average Bonchev–Trinajstić information content (AvgIpc) is 2.75. The first kappa shape index (κ1) is 18.7. The van der Waals surface area contributed by atoms with Crippen LogP contribution in [0.5, 0.6) is 0 Å². The Bertz CT molecular complexity index is 311. The quantitative estimate of drug-likeness (QED) is 0.758. The van der Waals surface area contributed by atoms with Crippen LogP contribution in [0.3, 0.4) is 0 Å². The van der Waals surface area contributed by atoms with E-state index in [-0.39, 0.29) is 27.0 Å². The second-order valence-corrected chi connectivity index (χ2v) is 3.34. The zero-order valence-corrected chi connectivity index (χ0v) is 14.2. The molecule has 2 rings (SSSR count). The molecule has 96 valence electrons. The SMILES string of the molecule is CC.CCCC.O=C1NCc2ccccc21.[W]. The number of unbranched alkanes of at least 4 members (excludes halogenated alkanes) is 1. The number of carbonyl (C=O) groups excluding carboxylic acids is 1. The third-order valence-electron chi connectivity index (χ3n) is 2.20. The summed E-state index contributed by atoms with van der Waals surface area (Å²) in [6.07, 6.45) is 2.64. The number of benzene rings is 1. The molecule has 0 aromatic heterocycles. The van der Waals surface area contributed by atoms with E-state index >= 15 is 0 Å². The minimum absolute atomic E-state index is 0. The van der Waals surface area contributed by atoms with Crippen molar-refractivity contribution < 1.29 is 25.9 Å². The van der Waals surface area contributed by atoms with Crippen molar-refractivity contribution in [2.24, 2.45) is 0 Å². The maximum atomic E-state index is 11.0. The summed E-state index contributed by atoms with van der Waals surface area (Å²) in [6.45, 7) is 9.05. The van der Waals surface area contributed by atoms with Gasteiger partial charge < -0.3 is 5.32 Å². The Kier molecular flexibility index (Phi) is 13.1. The first-order valence-electron chi connectivity index (χ1n) is 6.15. The van der Waals surface area contributed by atoms with Gasteiger partial charge in [0.25, 0.3) is 5.91 Å². The molecule has 0 radical (unpaired) electrons. The van der Waals surface area contributed by atoms with E-state index in [1.807, 2.05) is 38.1 Å². The average molecular weight is 405 g/mol. The van der Waals surface area contributed by atoms with E-state index in [9.17, 15) is 4.79 Å². The molecule has 1 amide bonds. The molecule has 2 nitrogen and oxygen atoms in total. The molecular weight excluding hydrogens is 382 g/mol. The summed E-state index contributed by atoms with van der Waals surface area (Å²) < 4.78 is 0. The number of nitrogens with one attached hydrogen (secondary N) is 1. The Morgan fingerprint density at radius 1 is 1.12 bits per heavy atom. The Morgan fingerprint density at radius 2 is 1.65 bits per heavy atom. The Labute approximate surface area is 119 Å². The van der Waals surface area contributed by atoms with Gasteiger partial charge in [0, 0.05) is 33.2 Å². The molecule has 0 spiro atoms. The number of carbonyl (C=O) groups is 1. The summed E-state index contributed by atoms with van der Waals surface area (Å²) in [7, 11) is 0. The minimum atomic E-state index is 0. The van der Waals surface area contributed by atoms with Crippen molar-refractivity contribution in [3.05, 3.63) is 35.4 Å². The Morgan fingerprint density at radius 3 is 2.12 bits per heavy atom. The molecule has 1 N–H and O–H groups in total. The fourth-order valence-electron chi connectivity index (χ4n) is 1.17. The van der Waals surface area contributed by atoms with E-state index in [1.54, 1.807) is 0 Å². The maximum Gasteiger partial charge on any atom is 0.251 e. The molecule has 0 bridgehead atoms. The van der Waals surface area contributed by atoms with Crippen LogP contribution in [-0.2, 0) is 27.6 Å². The van der Waals surface area contributed by atoms with Crippen molar-refractivity contribution in [2.45, 2.75) is 47.1 Å². The molecule has 0 unspecified atom stereocenters. The molecule has 1 aliphatic heterocycles. The minimum Gasteiger partial charge on any atom is -0.348 e. The first-order valence-corrected chi connectivity index (χ1v) is 6.15. The van der Waals surface area contributed by atoms with Crippen molar-refractivity contribution in [3.8, 4) is 0 Å². The van der Waals surface area contributed by atoms with Crippen LogP contribution in [0.1, 0.15) is 56.5 Å². The second kappa shape index (κ2) is 11.9. The van der Waals surface area contributed by atoms with Crippen LogP contribution in [0.15, 0.2) is 24.3 Å². The number of fused-ring (bicyclic) bond motifs is 1. The third kappa shape index (κ3) is 6.63. The van der Waals surface area contributed by atoms with Gasteiger partial charge in [-0.05, 0) is 11.6 Å². The summed E-state index contributed by atoms with van der Waals surface area (Å²) in [5.41, 5.74) is 1.93. The van der Waals surface area contributed by atoms with Crippen LogP contribution in [0.2, 0.25) is 0 Å². The van der Waals surface area contributed by atoms with Crippen molar-refractivity contribution in [1.29, 1.82) is 0 Å². The summed E-state index contributed by atoms with van der Waals surface area (Å²) in [5.74, 6) is 0.0515. The van der Waals surface area contributed by atoms with Gasteiger partial charge in [0.2, 0.25) is 0 Å². The van der Waals surface area contributed by atoms with Crippen molar-refractivity contribution in [3.63, 3.8) is 0 Å². The summed E-state index contributed by atoms with van der Waals surface area (Å²) >= 11 is 0. The number of rotatable bonds is 1. The predicted octanol–water partition coefficient (Wildman–Crippen LogP) is 3.76. The summed E-state index contributed by atoms with van der Waals surface area (Å²) in [4.78, 5) is 11.0. The van der Waals surface area contributed by atoms with Crippen LogP contribution in [0, 0.1) is 0 Å². The van der Waals surface area contributed by atoms with Gasteiger partial charge in [-0.25, -0.2) is 0 Å². The Hall–Kier alpha value is -0.622. The van der Waals surface area contributed by atoms with Crippen molar-refractivity contribution >= 4 is 5.91 Å². The van der Waals surface area contributed by atoms with E-state index in [0.29, 0.717) is 6.54 Å². The van der Waals surface area contributed by atoms with E-state index in [0.717, 1.165) is 11.1 Å². The number of hydrogen-bond donors (Lipinski definition) is 1. The van der Waals surface area contributed by atoms with Gasteiger partial charge in [0.05, 0.1) is 0 Å². The Balaban J connectivity index is 0. The van der Waals surface area contributed by atoms with Gasteiger partial charge in [0.1, 0.15) is 0 Å². The van der Waals surface area contributed by atoms with E-state index < -0.39 is 0 Å². The zero-order valence-electron chi connectivity index (χ0n) is 11.2. The van der Waals surface area contributed by atoms with Gasteiger partial charge in [0.15, 0.2) is 0 Å². The van der Waals surface area contributed by atoms with Gasteiger partial charge in [-0.15, -0.1) is 0 Å². The zero-order chi connectivity index (χ0) is 12.4. The molecule has 3 heteroatoms. The fourth-order valence-corrected chi connectivity index (χ4v) is 1.17. The third-order valence-corrected chi connectivity index (χ3v) is 2.20. The molecular formula is C14H23NOW. The summed E-state index contributed by atoms with van der Waals surface area (Å²) in [6, 6.07) is 7.63. The monoisotopic (exact) mass is 405 g/mol. The smallest absolute Gasteiger partial charge is 0.251 e. The second-order valence-electron chi connectivity index (χ2n) is 3.34. The van der Waals surface area contributed by atoms with Crippen molar-refractivity contribution in [2.75, 3.05) is 0 Å². The normalized spacial score (nSPS) is 10.7. The topological polar surface area (TPSA) is 29.1 Å². The van der Waals surface area contributed by atoms with Gasteiger partial charge in [-0.2, -0.15) is 0 Å². The van der Waals surface area contributed by atoms with Crippen LogP contribution < -0.4 is 5.32 Å². The van der Waals surface area contributed by atoms with Crippen LogP contribution in [0.4, 0.5) is 0 Å². The summed E-state index contributed by atoms with van der Waals surface area (Å²) in [5, 5.41) is 2.75. The molecule has 1 aromatic carbocycles. The number of hydrogen-bond acceptors (Lipinski definition) is 1. The molecule has 0 atom stereocenters. The molecule has 0 fully saturated rings. The largest absolute Gasteiger partial charge is 0.348 e. The van der Waals surface area contributed by atoms with Gasteiger partial charge in [-0.3, -0.25) is 4.79 Å². The number of amides is 1. The van der Waals surface area contributed by atoms with Gasteiger partial charge in [-0.1, -0.05) is 58.7 Å². The maximum absolute atomic E-state index is 11.0. The van der Waals surface area contributed by atoms with Crippen LogP contribution >= 0.6 is 0 Å². The van der Waals surface area contributed by atoms with Gasteiger partial charge >= 0.3 is 0 Å². The van der Waals surface area contributed by atoms with Crippen LogP contribution in [0.25, 0.3) is 0 Å². The molecule has 0 saturated carbocycles. The van der Waals surface area contributed by atoms with Crippen LogP contribution in [-0.4, -0.2) is 5.91 Å². The molecule has 1 aliphatic rings.